The van der Waals surface area contributed by atoms with Gasteiger partial charge in [0.1, 0.15) is 0 Å². The fourth-order valence-electron chi connectivity index (χ4n) is 3.18. The van der Waals surface area contributed by atoms with E-state index in [1.807, 2.05) is 36.4 Å². The minimum absolute atomic E-state index is 0.0823. The van der Waals surface area contributed by atoms with E-state index in [0.29, 0.717) is 0 Å². The molecule has 0 amide bonds. The summed E-state index contributed by atoms with van der Waals surface area (Å²) < 4.78 is 1.94. The van der Waals surface area contributed by atoms with Crippen molar-refractivity contribution in [1.29, 1.82) is 0 Å². The maximum atomic E-state index is 13.0. The van der Waals surface area contributed by atoms with Crippen LogP contribution < -0.4 is 4.90 Å². The molecule has 2 aromatic rings. The number of allylic oxidation sites excluding steroid dienone is 2. The topological polar surface area (TPSA) is 20.3 Å². The van der Waals surface area contributed by atoms with Gasteiger partial charge in [0, 0.05) is 25.8 Å². The summed E-state index contributed by atoms with van der Waals surface area (Å²) in [6, 6.07) is 14.0. The number of rotatable bonds is 1. The molecule has 2 aromatic carbocycles. The number of benzene rings is 2. The molecule has 1 aliphatic heterocycles. The number of fused-ring (bicyclic) bond motifs is 2. The predicted molar refractivity (Wildman–Crippen MR) is 108 cm³/mol. The Morgan fingerprint density at radius 2 is 1.62 bits per heavy atom. The molecule has 1 aliphatic carbocycles. The monoisotopic (exact) mass is 507 g/mol. The summed E-state index contributed by atoms with van der Waals surface area (Å²) >= 11 is 10.5. The van der Waals surface area contributed by atoms with Crippen molar-refractivity contribution >= 4 is 64.9 Å². The van der Waals surface area contributed by atoms with Gasteiger partial charge in [-0.2, -0.15) is 0 Å². The zero-order valence-electron chi connectivity index (χ0n) is 12.4. The number of Topliss-reactive ketones (excluding diaryl/α,β-unsaturated/α-hetero) is 1. The molecule has 2 unspecified atom stereocenters. The van der Waals surface area contributed by atoms with Crippen molar-refractivity contribution < 1.29 is 4.79 Å². The fourth-order valence-corrected chi connectivity index (χ4v) is 4.27. The van der Waals surface area contributed by atoms with Gasteiger partial charge in [-0.3, -0.25) is 4.79 Å². The van der Waals surface area contributed by atoms with Gasteiger partial charge in [-0.15, -0.1) is 0 Å². The summed E-state index contributed by atoms with van der Waals surface area (Å²) in [6.45, 7) is 0. The van der Waals surface area contributed by atoms with E-state index in [2.05, 4.69) is 77.0 Å². The van der Waals surface area contributed by atoms with Crippen LogP contribution >= 0.6 is 47.8 Å². The number of carbonyl (C=O) groups is 1. The van der Waals surface area contributed by atoms with Gasteiger partial charge in [0.15, 0.2) is 5.78 Å². The van der Waals surface area contributed by atoms with E-state index < -0.39 is 0 Å². The number of hydrogen-bond acceptors (Lipinski definition) is 2. The Labute approximate surface area is 165 Å². The molecule has 0 aromatic heterocycles. The Balaban J connectivity index is 1.95. The number of anilines is 2. The van der Waals surface area contributed by atoms with Gasteiger partial charge < -0.3 is 4.90 Å². The van der Waals surface area contributed by atoms with E-state index in [9.17, 15) is 4.79 Å². The Morgan fingerprint density at radius 3 is 2.38 bits per heavy atom. The van der Waals surface area contributed by atoms with Crippen molar-refractivity contribution in [3.05, 3.63) is 80.8 Å². The van der Waals surface area contributed by atoms with Crippen molar-refractivity contribution in [2.45, 2.75) is 10.9 Å². The van der Waals surface area contributed by atoms with E-state index in [1.165, 1.54) is 0 Å². The predicted octanol–water partition coefficient (Wildman–Crippen LogP) is 6.17. The summed E-state index contributed by atoms with van der Waals surface area (Å²) in [5, 5.41) is 0. The van der Waals surface area contributed by atoms with Crippen LogP contribution in [0.2, 0.25) is 0 Å². The van der Waals surface area contributed by atoms with Gasteiger partial charge >= 0.3 is 0 Å². The second-order valence-corrected chi connectivity index (χ2v) is 8.62. The maximum Gasteiger partial charge on any atom is 0.193 e. The fraction of sp³-hybridized carbons (Fsp3) is 0.105. The van der Waals surface area contributed by atoms with Crippen LogP contribution in [0.4, 0.5) is 11.4 Å². The highest BCUT2D eigenvalue weighted by atomic mass is 79.9. The molecule has 4 rings (SSSR count). The second-order valence-electron chi connectivity index (χ2n) is 5.73. The molecule has 2 aliphatic rings. The Hall–Kier alpha value is -1.17. The molecule has 0 saturated carbocycles. The van der Waals surface area contributed by atoms with Gasteiger partial charge in [-0.25, -0.2) is 0 Å². The molecule has 0 saturated heterocycles. The third-order valence-electron chi connectivity index (χ3n) is 4.24. The van der Waals surface area contributed by atoms with Crippen molar-refractivity contribution in [1.82, 2.24) is 0 Å². The molecule has 0 spiro atoms. The first kappa shape index (κ1) is 16.3. The minimum atomic E-state index is -0.0823. The van der Waals surface area contributed by atoms with Crippen molar-refractivity contribution in [2.24, 2.45) is 0 Å². The minimum Gasteiger partial charge on any atom is -0.330 e. The van der Waals surface area contributed by atoms with E-state index in [1.54, 1.807) is 0 Å². The quantitative estimate of drug-likeness (QED) is 0.338. The second kappa shape index (κ2) is 6.28. The third-order valence-corrected chi connectivity index (χ3v) is 5.83. The van der Waals surface area contributed by atoms with E-state index in [-0.39, 0.29) is 16.7 Å². The molecule has 2 atom stereocenters. The molecule has 0 N–H and O–H groups in total. The largest absolute Gasteiger partial charge is 0.330 e. The summed E-state index contributed by atoms with van der Waals surface area (Å²) in [5.41, 5.74) is 3.53. The van der Waals surface area contributed by atoms with Crippen LogP contribution in [0.1, 0.15) is 10.4 Å². The van der Waals surface area contributed by atoms with Crippen LogP contribution in [0.15, 0.2) is 75.2 Å². The van der Waals surface area contributed by atoms with Crippen molar-refractivity contribution in [2.75, 3.05) is 4.90 Å². The van der Waals surface area contributed by atoms with E-state index in [4.69, 9.17) is 0 Å². The molecular weight excluding hydrogens is 498 g/mol. The normalized spacial score (nSPS) is 22.0. The highest BCUT2D eigenvalue weighted by molar-refractivity contribution is 9.10. The number of carbonyl (C=O) groups excluding carboxylic acids is 1. The van der Waals surface area contributed by atoms with Crippen LogP contribution in [0.5, 0.6) is 0 Å². The number of hydrogen-bond donors (Lipinski definition) is 0. The number of nitrogens with zero attached hydrogens (tertiary/aromatic N) is 1. The highest BCUT2D eigenvalue weighted by Crippen LogP contribution is 2.42. The molecule has 24 heavy (non-hydrogen) atoms. The summed E-state index contributed by atoms with van der Waals surface area (Å²) in [4.78, 5) is 15.3. The molecule has 120 valence electrons. The summed E-state index contributed by atoms with van der Waals surface area (Å²) in [6.07, 6.45) is 6.18. The Bertz CT molecular complexity index is 886. The lowest BCUT2D eigenvalue weighted by Gasteiger charge is -2.40. The lowest BCUT2D eigenvalue weighted by Crippen LogP contribution is -2.40. The van der Waals surface area contributed by atoms with Crippen LogP contribution in [0, 0.1) is 0 Å². The number of halogens is 3. The van der Waals surface area contributed by atoms with Gasteiger partial charge in [0.05, 0.1) is 16.6 Å². The number of alkyl halides is 1. The summed E-state index contributed by atoms with van der Waals surface area (Å²) in [5.74, 6) is 0.0958. The Morgan fingerprint density at radius 1 is 0.917 bits per heavy atom. The zero-order chi connectivity index (χ0) is 16.8. The molecular formula is C19H12Br3NO. The van der Waals surface area contributed by atoms with Crippen molar-refractivity contribution in [3.8, 4) is 0 Å². The molecule has 0 bridgehead atoms. The Kier molecular flexibility index (Phi) is 4.27. The number of ketones is 1. The third kappa shape index (κ3) is 2.72. The maximum absolute atomic E-state index is 13.0. The van der Waals surface area contributed by atoms with Gasteiger partial charge in [-0.05, 0) is 42.5 Å². The van der Waals surface area contributed by atoms with Gasteiger partial charge in [0.2, 0.25) is 0 Å². The van der Waals surface area contributed by atoms with E-state index in [0.717, 1.165) is 31.5 Å². The first-order chi connectivity index (χ1) is 11.5. The molecule has 5 heteroatoms. The SMILES string of the molecule is O=C1C2=CC(Br)C=CC2N(c2ccc(Br)cc2)c2ccc(Br)cc21. The van der Waals surface area contributed by atoms with Crippen LogP contribution in [-0.2, 0) is 0 Å². The standard InChI is InChI=1S/C19H12Br3NO/c20-11-1-5-14(6-2-11)23-17-7-3-12(21)9-15(17)19(24)16-10-13(22)4-8-18(16)23/h1-10,12,17H. The smallest absolute Gasteiger partial charge is 0.193 e. The zero-order valence-corrected chi connectivity index (χ0v) is 17.2. The van der Waals surface area contributed by atoms with Crippen LogP contribution in [0.25, 0.3) is 0 Å². The molecule has 0 fully saturated rings. The van der Waals surface area contributed by atoms with Gasteiger partial charge in [-0.1, -0.05) is 66.0 Å². The van der Waals surface area contributed by atoms with Crippen molar-refractivity contribution in [3.63, 3.8) is 0 Å². The van der Waals surface area contributed by atoms with Gasteiger partial charge in [0.25, 0.3) is 0 Å². The van der Waals surface area contributed by atoms with E-state index >= 15 is 0 Å². The lowest BCUT2D eigenvalue weighted by atomic mass is 9.86. The average Bonchev–Trinajstić information content (AvgIpc) is 2.57. The molecule has 0 radical (unpaired) electrons. The summed E-state index contributed by atoms with van der Waals surface area (Å²) in [7, 11) is 0. The average molecular weight is 510 g/mol. The van der Waals surface area contributed by atoms with Crippen LogP contribution in [0.3, 0.4) is 0 Å². The highest BCUT2D eigenvalue weighted by Gasteiger charge is 2.37. The molecule has 1 heterocycles. The molecule has 2 nitrogen and oxygen atoms in total. The lowest BCUT2D eigenvalue weighted by molar-refractivity contribution is 0.102. The first-order valence-corrected chi connectivity index (χ1v) is 9.98. The van der Waals surface area contributed by atoms with Crippen LogP contribution in [-0.4, -0.2) is 16.7 Å². The first-order valence-electron chi connectivity index (χ1n) is 7.48.